The van der Waals surface area contributed by atoms with Gasteiger partial charge in [-0.1, -0.05) is 12.1 Å². The maximum atomic E-state index is 12.4. The van der Waals surface area contributed by atoms with Gasteiger partial charge >= 0.3 is 0 Å². The third-order valence-electron chi connectivity index (χ3n) is 3.74. The maximum Gasteiger partial charge on any atom is 0.266 e. The summed E-state index contributed by atoms with van der Waals surface area (Å²) in [6.45, 7) is 0. The van der Waals surface area contributed by atoms with Crippen LogP contribution in [0.2, 0.25) is 0 Å². The third kappa shape index (κ3) is 2.10. The summed E-state index contributed by atoms with van der Waals surface area (Å²) >= 11 is 0. The maximum absolute atomic E-state index is 12.4. The number of fused-ring (bicyclic) bond motifs is 1. The van der Waals surface area contributed by atoms with E-state index in [1.165, 1.54) is 4.90 Å². The predicted molar refractivity (Wildman–Crippen MR) is 85.1 cm³/mol. The van der Waals surface area contributed by atoms with Crippen LogP contribution >= 0.6 is 0 Å². The molecule has 5 heteroatoms. The molecule has 110 valence electrons. The number of anilines is 1. The van der Waals surface area contributed by atoms with Gasteiger partial charge in [0.1, 0.15) is 0 Å². The number of hydrogen-bond acceptors (Lipinski definition) is 4. The lowest BCUT2D eigenvalue weighted by molar-refractivity contribution is 0.0926. The smallest absolute Gasteiger partial charge is 0.266 e. The normalized spacial score (nSPS) is 13.3. The Bertz CT molecular complexity index is 870. The van der Waals surface area contributed by atoms with Gasteiger partial charge in [-0.05, 0) is 42.5 Å². The highest BCUT2D eigenvalue weighted by molar-refractivity contribution is 6.34. The van der Waals surface area contributed by atoms with E-state index in [4.69, 9.17) is 0 Å². The molecule has 0 atom stereocenters. The van der Waals surface area contributed by atoms with Gasteiger partial charge in [0.15, 0.2) is 5.82 Å². The van der Waals surface area contributed by atoms with E-state index in [-0.39, 0.29) is 11.8 Å². The zero-order valence-electron chi connectivity index (χ0n) is 12.0. The second-order valence-corrected chi connectivity index (χ2v) is 5.11. The second-order valence-electron chi connectivity index (χ2n) is 5.11. The van der Waals surface area contributed by atoms with Crippen LogP contribution in [0.5, 0.6) is 0 Å². The highest BCUT2D eigenvalue weighted by Gasteiger charge is 2.36. The molecule has 0 radical (unpaired) electrons. The molecule has 2 heterocycles. The van der Waals surface area contributed by atoms with Crippen molar-refractivity contribution in [3.8, 4) is 11.4 Å². The molecule has 2 aromatic carbocycles. The van der Waals surface area contributed by atoms with Gasteiger partial charge in [-0.2, -0.15) is 0 Å². The quantitative estimate of drug-likeness (QED) is 0.683. The fraction of sp³-hybridized carbons (Fsp3) is 0. The molecule has 0 saturated heterocycles. The minimum absolute atomic E-state index is 0.297. The molecule has 1 aromatic heterocycles. The van der Waals surface area contributed by atoms with Crippen molar-refractivity contribution in [3.05, 3.63) is 78.1 Å². The minimum atomic E-state index is -0.297. The summed E-state index contributed by atoms with van der Waals surface area (Å²) < 4.78 is 0. The zero-order chi connectivity index (χ0) is 15.8. The van der Waals surface area contributed by atoms with E-state index in [9.17, 15) is 9.59 Å². The third-order valence-corrected chi connectivity index (χ3v) is 3.74. The van der Waals surface area contributed by atoms with Gasteiger partial charge in [-0.15, -0.1) is 0 Å². The Balaban J connectivity index is 1.70. The van der Waals surface area contributed by atoms with E-state index >= 15 is 0 Å². The molecule has 0 unspecified atom stereocenters. The van der Waals surface area contributed by atoms with E-state index in [0.717, 1.165) is 5.56 Å². The van der Waals surface area contributed by atoms with Crippen molar-refractivity contribution in [1.29, 1.82) is 0 Å². The Morgan fingerprint density at radius 2 is 1.26 bits per heavy atom. The average molecular weight is 301 g/mol. The Hall–Kier alpha value is -3.34. The number of amides is 2. The highest BCUT2D eigenvalue weighted by atomic mass is 16.2. The monoisotopic (exact) mass is 301 g/mol. The summed E-state index contributed by atoms with van der Waals surface area (Å²) in [6.07, 6.45) is 3.33. The van der Waals surface area contributed by atoms with Crippen molar-refractivity contribution in [3.63, 3.8) is 0 Å². The Kier molecular flexibility index (Phi) is 2.98. The predicted octanol–water partition coefficient (Wildman–Crippen LogP) is 2.94. The number of carbonyl (C=O) groups is 2. The molecular formula is C18H11N3O2. The summed E-state index contributed by atoms with van der Waals surface area (Å²) in [6, 6.07) is 15.6. The van der Waals surface area contributed by atoms with E-state index in [2.05, 4.69) is 9.97 Å². The number of hydrogen-bond donors (Lipinski definition) is 0. The fourth-order valence-electron chi connectivity index (χ4n) is 2.63. The first-order valence-corrected chi connectivity index (χ1v) is 7.11. The SMILES string of the molecule is O=C1c2ccccc2C(=O)N1c1ccc(-c2ncccn2)cc1. The summed E-state index contributed by atoms with van der Waals surface area (Å²) in [5.74, 6) is 0.00466. The first-order valence-electron chi connectivity index (χ1n) is 7.11. The van der Waals surface area contributed by atoms with Crippen molar-refractivity contribution in [2.45, 2.75) is 0 Å². The molecule has 0 N–H and O–H groups in total. The second kappa shape index (κ2) is 5.14. The van der Waals surface area contributed by atoms with Crippen LogP contribution in [0.3, 0.4) is 0 Å². The lowest BCUT2D eigenvalue weighted by atomic mass is 10.1. The van der Waals surface area contributed by atoms with Crippen molar-refractivity contribution in [1.82, 2.24) is 9.97 Å². The van der Waals surface area contributed by atoms with Crippen LogP contribution in [0.25, 0.3) is 11.4 Å². The molecule has 4 rings (SSSR count). The molecule has 5 nitrogen and oxygen atoms in total. The molecule has 2 amide bonds. The van der Waals surface area contributed by atoms with Crippen LogP contribution < -0.4 is 4.90 Å². The molecule has 1 aliphatic heterocycles. The van der Waals surface area contributed by atoms with Crippen LogP contribution in [0.1, 0.15) is 20.7 Å². The molecule has 0 aliphatic carbocycles. The lowest BCUT2D eigenvalue weighted by Crippen LogP contribution is -2.29. The Labute approximate surface area is 132 Å². The van der Waals surface area contributed by atoms with Gasteiger partial charge in [-0.3, -0.25) is 9.59 Å². The standard InChI is InChI=1S/C18H11N3O2/c22-17-14-4-1-2-5-15(14)18(23)21(17)13-8-6-12(7-9-13)16-19-10-3-11-20-16/h1-11H. The lowest BCUT2D eigenvalue weighted by Gasteiger charge is -2.14. The number of carbonyl (C=O) groups excluding carboxylic acids is 2. The number of rotatable bonds is 2. The molecular weight excluding hydrogens is 290 g/mol. The summed E-state index contributed by atoms with van der Waals surface area (Å²) in [5, 5.41) is 0. The van der Waals surface area contributed by atoms with Crippen LogP contribution in [0.15, 0.2) is 67.0 Å². The van der Waals surface area contributed by atoms with Crippen LogP contribution in [-0.4, -0.2) is 21.8 Å². The van der Waals surface area contributed by atoms with Gasteiger partial charge in [0, 0.05) is 18.0 Å². The first kappa shape index (κ1) is 13.3. The number of nitrogens with zero attached hydrogens (tertiary/aromatic N) is 3. The molecule has 3 aromatic rings. The van der Waals surface area contributed by atoms with Gasteiger partial charge in [0.2, 0.25) is 0 Å². The van der Waals surface area contributed by atoms with E-state index < -0.39 is 0 Å². The van der Waals surface area contributed by atoms with Gasteiger partial charge in [-0.25, -0.2) is 14.9 Å². The summed E-state index contributed by atoms with van der Waals surface area (Å²) in [4.78, 5) is 34.4. The van der Waals surface area contributed by atoms with Gasteiger partial charge in [0.05, 0.1) is 16.8 Å². The number of aromatic nitrogens is 2. The van der Waals surface area contributed by atoms with Crippen LogP contribution in [-0.2, 0) is 0 Å². The van der Waals surface area contributed by atoms with Crippen molar-refractivity contribution in [2.75, 3.05) is 4.90 Å². The Morgan fingerprint density at radius 1 is 0.696 bits per heavy atom. The van der Waals surface area contributed by atoms with E-state index in [1.54, 1.807) is 67.0 Å². The highest BCUT2D eigenvalue weighted by Crippen LogP contribution is 2.29. The number of benzene rings is 2. The van der Waals surface area contributed by atoms with Crippen LogP contribution in [0.4, 0.5) is 5.69 Å². The molecule has 23 heavy (non-hydrogen) atoms. The first-order chi connectivity index (χ1) is 11.3. The molecule has 0 fully saturated rings. The fourth-order valence-corrected chi connectivity index (χ4v) is 2.63. The van der Waals surface area contributed by atoms with Gasteiger partial charge < -0.3 is 0 Å². The average Bonchev–Trinajstić information content (AvgIpc) is 2.87. The molecule has 0 bridgehead atoms. The topological polar surface area (TPSA) is 63.2 Å². The molecule has 0 saturated carbocycles. The van der Waals surface area contributed by atoms with Crippen molar-refractivity contribution in [2.24, 2.45) is 0 Å². The molecule has 0 spiro atoms. The Morgan fingerprint density at radius 3 is 1.83 bits per heavy atom. The van der Waals surface area contributed by atoms with E-state index in [1.807, 2.05) is 0 Å². The van der Waals surface area contributed by atoms with E-state index in [0.29, 0.717) is 22.6 Å². The largest absolute Gasteiger partial charge is 0.268 e. The number of imide groups is 1. The van der Waals surface area contributed by atoms with Gasteiger partial charge in [0.25, 0.3) is 11.8 Å². The summed E-state index contributed by atoms with van der Waals surface area (Å²) in [7, 11) is 0. The summed E-state index contributed by atoms with van der Waals surface area (Å²) in [5.41, 5.74) is 2.24. The van der Waals surface area contributed by atoms with Crippen molar-refractivity contribution < 1.29 is 9.59 Å². The van der Waals surface area contributed by atoms with Crippen LogP contribution in [0, 0.1) is 0 Å². The van der Waals surface area contributed by atoms with Crippen molar-refractivity contribution >= 4 is 17.5 Å². The minimum Gasteiger partial charge on any atom is -0.268 e. The molecule has 1 aliphatic rings. The zero-order valence-corrected chi connectivity index (χ0v) is 12.0.